The lowest BCUT2D eigenvalue weighted by molar-refractivity contribution is -0.145. The quantitative estimate of drug-likeness (QED) is 0.371. The van der Waals surface area contributed by atoms with Crippen molar-refractivity contribution in [2.75, 3.05) is 27.2 Å². The maximum Gasteiger partial charge on any atom is 0.629 e. The Morgan fingerprint density at radius 3 is 2.27 bits per heavy atom. The SMILES string of the molecule is COC(=O)c1ccc(/C=C/C(C)=C/C=C/C(C)=C/B2OC(=O)CN(C)CC(=O)O2)c(C)c1C. The Balaban J connectivity index is 2.05. The van der Waals surface area contributed by atoms with Crippen LogP contribution in [0.5, 0.6) is 0 Å². The smallest absolute Gasteiger partial charge is 0.495 e. The molecule has 0 unspecified atom stereocenters. The van der Waals surface area contributed by atoms with Crippen LogP contribution in [0.25, 0.3) is 6.08 Å². The topological polar surface area (TPSA) is 82.1 Å². The van der Waals surface area contributed by atoms with Crippen molar-refractivity contribution in [2.45, 2.75) is 27.7 Å². The molecule has 1 fully saturated rings. The van der Waals surface area contributed by atoms with E-state index in [-0.39, 0.29) is 19.1 Å². The number of benzene rings is 1. The summed E-state index contributed by atoms with van der Waals surface area (Å²) in [7, 11) is 1.99. The van der Waals surface area contributed by atoms with Gasteiger partial charge in [-0.2, -0.15) is 0 Å². The van der Waals surface area contributed by atoms with Crippen molar-refractivity contribution in [1.82, 2.24) is 4.90 Å². The van der Waals surface area contributed by atoms with E-state index >= 15 is 0 Å². The minimum absolute atomic E-state index is 0.0347. The first kappa shape index (κ1) is 25.9. The second-order valence-corrected chi connectivity index (χ2v) is 7.98. The molecule has 0 atom stereocenters. The summed E-state index contributed by atoms with van der Waals surface area (Å²) in [6, 6.07) is 3.67. The van der Waals surface area contributed by atoms with Gasteiger partial charge >= 0.3 is 25.0 Å². The third-order valence-corrected chi connectivity index (χ3v) is 5.17. The average Bonchev–Trinajstić information content (AvgIpc) is 2.72. The van der Waals surface area contributed by atoms with Crippen LogP contribution in [0.4, 0.5) is 0 Å². The number of carbonyl (C=O) groups is 3. The molecule has 1 aromatic carbocycles. The molecular weight excluding hydrogens is 421 g/mol. The van der Waals surface area contributed by atoms with Gasteiger partial charge in [0.15, 0.2) is 0 Å². The van der Waals surface area contributed by atoms with Gasteiger partial charge in [0.25, 0.3) is 0 Å². The Labute approximate surface area is 195 Å². The minimum atomic E-state index is -1.03. The Bertz CT molecular complexity index is 1020. The number of nitrogens with zero attached hydrogens (tertiary/aromatic N) is 1. The van der Waals surface area contributed by atoms with Crippen molar-refractivity contribution in [3.8, 4) is 0 Å². The summed E-state index contributed by atoms with van der Waals surface area (Å²) in [5.74, 6) is 0.348. The van der Waals surface area contributed by atoms with E-state index in [1.807, 2.05) is 64.1 Å². The molecule has 1 heterocycles. The molecule has 0 amide bonds. The lowest BCUT2D eigenvalue weighted by Crippen LogP contribution is -2.41. The second kappa shape index (κ2) is 12.0. The number of hydrogen-bond acceptors (Lipinski definition) is 7. The molecule has 174 valence electrons. The minimum Gasteiger partial charge on any atom is -0.495 e. The molecule has 0 spiro atoms. The van der Waals surface area contributed by atoms with E-state index in [1.165, 1.54) is 12.0 Å². The summed E-state index contributed by atoms with van der Waals surface area (Å²) in [6.45, 7) is 7.75. The predicted octanol–water partition coefficient (Wildman–Crippen LogP) is 3.61. The van der Waals surface area contributed by atoms with Gasteiger partial charge in [-0.15, -0.1) is 0 Å². The lowest BCUT2D eigenvalue weighted by atomic mass is 9.86. The molecule has 33 heavy (non-hydrogen) atoms. The standard InChI is InChI=1S/C25H30BNO6/c1-17(10-11-21-12-13-22(25(30)31-6)20(4)19(21)3)8-7-9-18(2)14-26-32-23(28)15-27(5)16-24(29)33-26/h7-14H,15-16H2,1-6H3/b9-7+,11-10+,17-8+,18-14+. The molecule has 1 aliphatic rings. The van der Waals surface area contributed by atoms with Gasteiger partial charge in [0.2, 0.25) is 0 Å². The van der Waals surface area contributed by atoms with Gasteiger partial charge in [-0.1, -0.05) is 47.6 Å². The molecule has 0 radical (unpaired) electrons. The summed E-state index contributed by atoms with van der Waals surface area (Å²) in [5, 5.41) is 0. The Hall–Kier alpha value is -3.39. The number of methoxy groups -OCH3 is 1. The summed E-state index contributed by atoms with van der Waals surface area (Å²) in [5.41, 5.74) is 5.30. The van der Waals surface area contributed by atoms with E-state index in [0.717, 1.165) is 27.8 Å². The van der Waals surface area contributed by atoms with E-state index in [0.29, 0.717) is 5.56 Å². The Kier molecular flexibility index (Phi) is 9.42. The van der Waals surface area contributed by atoms with Crippen molar-refractivity contribution < 1.29 is 28.4 Å². The van der Waals surface area contributed by atoms with Gasteiger partial charge < -0.3 is 14.0 Å². The maximum absolute atomic E-state index is 11.8. The van der Waals surface area contributed by atoms with Crippen molar-refractivity contribution in [1.29, 1.82) is 0 Å². The van der Waals surface area contributed by atoms with Crippen LogP contribution in [0, 0.1) is 13.8 Å². The highest BCUT2D eigenvalue weighted by molar-refractivity contribution is 6.55. The van der Waals surface area contributed by atoms with Crippen molar-refractivity contribution in [3.05, 3.63) is 75.8 Å². The van der Waals surface area contributed by atoms with Crippen molar-refractivity contribution >= 4 is 31.1 Å². The van der Waals surface area contributed by atoms with Gasteiger partial charge in [-0.3, -0.25) is 14.5 Å². The third kappa shape index (κ3) is 7.91. The van der Waals surface area contributed by atoms with Crippen LogP contribution in [-0.2, 0) is 23.6 Å². The molecule has 1 aromatic rings. The lowest BCUT2D eigenvalue weighted by Gasteiger charge is -2.21. The predicted molar refractivity (Wildman–Crippen MR) is 128 cm³/mol. The summed E-state index contributed by atoms with van der Waals surface area (Å²) in [4.78, 5) is 37.0. The zero-order chi connectivity index (χ0) is 24.5. The molecule has 0 aromatic heterocycles. The number of likely N-dealkylation sites (N-methyl/N-ethyl adjacent to an activating group) is 1. The fourth-order valence-electron chi connectivity index (χ4n) is 3.17. The normalized spacial score (nSPS) is 16.6. The molecule has 0 N–H and O–H groups in total. The van der Waals surface area contributed by atoms with Crippen LogP contribution in [0.1, 0.15) is 40.9 Å². The third-order valence-electron chi connectivity index (χ3n) is 5.17. The number of carbonyl (C=O) groups excluding carboxylic acids is 3. The van der Waals surface area contributed by atoms with Crippen molar-refractivity contribution in [3.63, 3.8) is 0 Å². The second-order valence-electron chi connectivity index (χ2n) is 7.98. The number of ether oxygens (including phenoxy) is 1. The van der Waals surface area contributed by atoms with E-state index in [9.17, 15) is 14.4 Å². The first-order valence-electron chi connectivity index (χ1n) is 10.6. The fourth-order valence-corrected chi connectivity index (χ4v) is 3.17. The Morgan fingerprint density at radius 2 is 1.67 bits per heavy atom. The fraction of sp³-hybridized carbons (Fsp3) is 0.320. The molecule has 0 saturated carbocycles. The molecule has 1 aliphatic heterocycles. The van der Waals surface area contributed by atoms with E-state index in [4.69, 9.17) is 14.0 Å². The zero-order valence-electron chi connectivity index (χ0n) is 20.0. The molecule has 1 saturated heterocycles. The Morgan fingerprint density at radius 1 is 1.03 bits per heavy atom. The molecule has 7 nitrogen and oxygen atoms in total. The zero-order valence-corrected chi connectivity index (χ0v) is 20.0. The van der Waals surface area contributed by atoms with E-state index in [2.05, 4.69) is 0 Å². The monoisotopic (exact) mass is 451 g/mol. The highest BCUT2D eigenvalue weighted by Crippen LogP contribution is 2.20. The van der Waals surface area contributed by atoms with Gasteiger partial charge in [0.05, 0.1) is 25.8 Å². The van der Waals surface area contributed by atoms with Gasteiger partial charge in [-0.25, -0.2) is 4.79 Å². The molecule has 0 aliphatic carbocycles. The van der Waals surface area contributed by atoms with Gasteiger partial charge in [-0.05, 0) is 63.5 Å². The van der Waals surface area contributed by atoms with E-state index < -0.39 is 19.1 Å². The first-order valence-corrected chi connectivity index (χ1v) is 10.6. The number of allylic oxidation sites excluding steroid dienone is 6. The molecular formula is C25H30BNO6. The van der Waals surface area contributed by atoms with Gasteiger partial charge in [0.1, 0.15) is 0 Å². The number of hydrogen-bond donors (Lipinski definition) is 0. The summed E-state index contributed by atoms with van der Waals surface area (Å²) in [6.07, 6.45) is 9.62. The van der Waals surface area contributed by atoms with Crippen LogP contribution in [0.15, 0.2) is 53.6 Å². The average molecular weight is 451 g/mol. The summed E-state index contributed by atoms with van der Waals surface area (Å²) < 4.78 is 15.2. The molecule has 0 bridgehead atoms. The first-order chi connectivity index (χ1) is 15.6. The van der Waals surface area contributed by atoms with Crippen LogP contribution in [0.3, 0.4) is 0 Å². The van der Waals surface area contributed by atoms with Crippen LogP contribution in [0.2, 0.25) is 0 Å². The van der Waals surface area contributed by atoms with E-state index in [1.54, 1.807) is 19.1 Å². The molecule has 2 rings (SSSR count). The van der Waals surface area contributed by atoms with Crippen molar-refractivity contribution in [2.24, 2.45) is 0 Å². The summed E-state index contributed by atoms with van der Waals surface area (Å²) >= 11 is 0. The van der Waals surface area contributed by atoms with Crippen LogP contribution in [-0.4, -0.2) is 57.2 Å². The molecule has 8 heteroatoms. The maximum atomic E-state index is 11.8. The van der Waals surface area contributed by atoms with Crippen LogP contribution < -0.4 is 0 Å². The number of rotatable bonds is 6. The van der Waals surface area contributed by atoms with Crippen LogP contribution >= 0.6 is 0 Å². The number of esters is 1. The highest BCUT2D eigenvalue weighted by atomic mass is 16.6. The van der Waals surface area contributed by atoms with Gasteiger partial charge in [0, 0.05) is 0 Å². The highest BCUT2D eigenvalue weighted by Gasteiger charge is 2.29. The largest absolute Gasteiger partial charge is 0.629 e.